The van der Waals surface area contributed by atoms with Gasteiger partial charge in [-0.25, -0.2) is 4.79 Å². The van der Waals surface area contributed by atoms with Gasteiger partial charge in [0.15, 0.2) is 0 Å². The summed E-state index contributed by atoms with van der Waals surface area (Å²) in [6.07, 6.45) is -0.496. The molecule has 0 aliphatic carbocycles. The van der Waals surface area contributed by atoms with Crippen molar-refractivity contribution in [1.29, 1.82) is 0 Å². The first kappa shape index (κ1) is 17.8. The van der Waals surface area contributed by atoms with Crippen LogP contribution in [0.2, 0.25) is 0 Å². The Kier molecular flexibility index (Phi) is 5.79. The molecular weight excluding hydrogens is 284 g/mol. The number of esters is 1. The van der Waals surface area contributed by atoms with Crippen LogP contribution in [0.4, 0.5) is 16.2 Å². The van der Waals surface area contributed by atoms with Gasteiger partial charge in [-0.15, -0.1) is 0 Å². The van der Waals surface area contributed by atoms with E-state index in [0.29, 0.717) is 11.4 Å². The van der Waals surface area contributed by atoms with Crippen LogP contribution in [-0.4, -0.2) is 30.8 Å². The number of hydrogen-bond donors (Lipinski definition) is 1. The number of hydrogen-bond acceptors (Lipinski definition) is 5. The third-order valence-electron chi connectivity index (χ3n) is 2.80. The molecule has 0 fully saturated rings. The van der Waals surface area contributed by atoms with E-state index in [1.54, 1.807) is 39.0 Å². The second-order valence-corrected chi connectivity index (χ2v) is 6.01. The van der Waals surface area contributed by atoms with Crippen LogP contribution in [0.25, 0.3) is 0 Å². The maximum absolute atomic E-state index is 12.4. The molecule has 1 rings (SSSR count). The van der Waals surface area contributed by atoms with E-state index in [1.165, 1.54) is 11.8 Å². The predicted molar refractivity (Wildman–Crippen MR) is 85.8 cm³/mol. The topological polar surface area (TPSA) is 81.9 Å². The largest absolute Gasteiger partial charge is 0.464 e. The molecule has 0 unspecified atom stereocenters. The Morgan fingerprint density at radius 1 is 1.27 bits per heavy atom. The molecule has 1 amide bonds. The molecule has 1 aromatic rings. The number of ether oxygens (including phenoxy) is 2. The second kappa shape index (κ2) is 7.15. The fourth-order valence-electron chi connectivity index (χ4n) is 1.75. The van der Waals surface area contributed by atoms with Crippen LogP contribution in [-0.2, 0) is 14.3 Å². The summed E-state index contributed by atoms with van der Waals surface area (Å²) < 4.78 is 10.3. The lowest BCUT2D eigenvalue weighted by molar-refractivity contribution is -0.140. The fourth-order valence-corrected chi connectivity index (χ4v) is 1.75. The number of aryl methyl sites for hydroxylation is 1. The van der Waals surface area contributed by atoms with E-state index >= 15 is 0 Å². The van der Waals surface area contributed by atoms with Gasteiger partial charge in [-0.1, -0.05) is 0 Å². The van der Waals surface area contributed by atoms with Crippen molar-refractivity contribution in [2.24, 2.45) is 0 Å². The van der Waals surface area contributed by atoms with Gasteiger partial charge in [0.25, 0.3) is 0 Å². The molecule has 0 radical (unpaired) electrons. The van der Waals surface area contributed by atoms with Gasteiger partial charge >= 0.3 is 12.1 Å². The normalized spacial score (nSPS) is 11.0. The fraction of sp³-hybridized carbons (Fsp3) is 0.500. The minimum absolute atomic E-state index is 0.0952. The minimum Gasteiger partial charge on any atom is -0.464 e. The zero-order valence-electron chi connectivity index (χ0n) is 13.8. The van der Waals surface area contributed by atoms with Crippen molar-refractivity contribution in [1.82, 2.24) is 0 Å². The molecule has 0 aliphatic heterocycles. The minimum atomic E-state index is -0.611. The van der Waals surface area contributed by atoms with Gasteiger partial charge in [-0.05, 0) is 51.5 Å². The van der Waals surface area contributed by atoms with Crippen molar-refractivity contribution in [2.75, 3.05) is 23.8 Å². The quantitative estimate of drug-likeness (QED) is 0.683. The van der Waals surface area contributed by atoms with Crippen LogP contribution in [0, 0.1) is 6.92 Å². The smallest absolute Gasteiger partial charge is 0.414 e. The van der Waals surface area contributed by atoms with E-state index in [1.807, 2.05) is 6.92 Å². The number of amides is 1. The van der Waals surface area contributed by atoms with Crippen LogP contribution in [0.5, 0.6) is 0 Å². The number of carbonyl (C=O) groups is 2. The molecule has 0 atom stereocenters. The number of benzene rings is 1. The van der Waals surface area contributed by atoms with Crippen LogP contribution < -0.4 is 10.6 Å². The summed E-state index contributed by atoms with van der Waals surface area (Å²) in [5.74, 6) is -0.391. The van der Waals surface area contributed by atoms with E-state index in [4.69, 9.17) is 15.2 Å². The lowest BCUT2D eigenvalue weighted by atomic mass is 10.1. The highest BCUT2D eigenvalue weighted by Gasteiger charge is 2.23. The first-order chi connectivity index (χ1) is 10.1. The van der Waals surface area contributed by atoms with Gasteiger partial charge in [-0.2, -0.15) is 0 Å². The van der Waals surface area contributed by atoms with Gasteiger partial charge in [0.1, 0.15) is 12.2 Å². The molecule has 0 spiro atoms. The second-order valence-electron chi connectivity index (χ2n) is 6.01. The van der Waals surface area contributed by atoms with Crippen LogP contribution in [0.15, 0.2) is 18.2 Å². The molecule has 1 aromatic carbocycles. The summed E-state index contributed by atoms with van der Waals surface area (Å²) in [6, 6.07) is 5.26. The Morgan fingerprint density at radius 3 is 2.41 bits per heavy atom. The molecule has 0 heterocycles. The Balaban J connectivity index is 2.96. The van der Waals surface area contributed by atoms with Crippen molar-refractivity contribution in [2.45, 2.75) is 40.2 Å². The van der Waals surface area contributed by atoms with E-state index < -0.39 is 17.7 Å². The average Bonchev–Trinajstić information content (AvgIpc) is 2.35. The van der Waals surface area contributed by atoms with Gasteiger partial charge in [0.2, 0.25) is 0 Å². The Hall–Kier alpha value is -2.24. The monoisotopic (exact) mass is 308 g/mol. The van der Waals surface area contributed by atoms with Crippen LogP contribution in [0.3, 0.4) is 0 Å². The Morgan fingerprint density at radius 2 is 1.91 bits per heavy atom. The Labute approximate surface area is 131 Å². The third-order valence-corrected chi connectivity index (χ3v) is 2.80. The Bertz CT molecular complexity index is 550. The highest BCUT2D eigenvalue weighted by atomic mass is 16.6. The highest BCUT2D eigenvalue weighted by Crippen LogP contribution is 2.22. The number of carbonyl (C=O) groups excluding carboxylic acids is 2. The lowest BCUT2D eigenvalue weighted by Gasteiger charge is -2.27. The third kappa shape index (κ3) is 5.63. The van der Waals surface area contributed by atoms with Crippen molar-refractivity contribution in [3.05, 3.63) is 23.8 Å². The summed E-state index contributed by atoms with van der Waals surface area (Å²) in [5.41, 5.74) is 7.34. The highest BCUT2D eigenvalue weighted by molar-refractivity contribution is 5.88. The van der Waals surface area contributed by atoms with Crippen molar-refractivity contribution in [3.63, 3.8) is 0 Å². The first-order valence-electron chi connectivity index (χ1n) is 7.10. The molecule has 0 aliphatic rings. The molecule has 6 nitrogen and oxygen atoms in total. The molecule has 0 saturated carbocycles. The van der Waals surface area contributed by atoms with Gasteiger partial charge in [-0.3, -0.25) is 9.69 Å². The molecular formula is C16H24N2O4. The molecule has 122 valence electrons. The molecule has 2 N–H and O–H groups in total. The zero-order valence-corrected chi connectivity index (χ0v) is 13.8. The van der Waals surface area contributed by atoms with E-state index in [-0.39, 0.29) is 13.2 Å². The predicted octanol–water partition coefficient (Wildman–Crippen LogP) is 2.88. The maximum atomic E-state index is 12.4. The number of nitrogens with two attached hydrogens (primary N) is 1. The summed E-state index contributed by atoms with van der Waals surface area (Å²) in [6.45, 7) is 8.87. The molecule has 0 bridgehead atoms. The zero-order chi connectivity index (χ0) is 16.9. The molecule has 22 heavy (non-hydrogen) atoms. The van der Waals surface area contributed by atoms with Crippen molar-refractivity contribution in [3.8, 4) is 0 Å². The summed E-state index contributed by atoms with van der Waals surface area (Å²) >= 11 is 0. The maximum Gasteiger partial charge on any atom is 0.414 e. The lowest BCUT2D eigenvalue weighted by Crippen LogP contribution is -2.39. The number of anilines is 2. The van der Waals surface area contributed by atoms with Gasteiger partial charge in [0, 0.05) is 18.3 Å². The number of nitrogens with zero attached hydrogens (tertiary/aromatic N) is 1. The average molecular weight is 308 g/mol. The molecule has 0 saturated heterocycles. The van der Waals surface area contributed by atoms with Crippen molar-refractivity contribution >= 4 is 23.4 Å². The summed E-state index contributed by atoms with van der Waals surface area (Å²) in [5, 5.41) is 0. The molecule has 0 aromatic heterocycles. The number of rotatable bonds is 4. The van der Waals surface area contributed by atoms with Crippen LogP contribution in [0.1, 0.15) is 33.3 Å². The van der Waals surface area contributed by atoms with Gasteiger partial charge in [0.05, 0.1) is 6.54 Å². The van der Waals surface area contributed by atoms with E-state index in [9.17, 15) is 9.59 Å². The molecule has 6 heteroatoms. The SMILES string of the molecule is CC(=O)OCCN(C(=O)OC(C)(C)C)c1ccc(N)c(C)c1. The van der Waals surface area contributed by atoms with Gasteiger partial charge < -0.3 is 15.2 Å². The van der Waals surface area contributed by atoms with E-state index in [2.05, 4.69) is 0 Å². The summed E-state index contributed by atoms with van der Waals surface area (Å²) in [7, 11) is 0. The summed E-state index contributed by atoms with van der Waals surface area (Å²) in [4.78, 5) is 24.7. The van der Waals surface area contributed by atoms with E-state index in [0.717, 1.165) is 5.56 Å². The number of nitrogen functional groups attached to an aromatic ring is 1. The first-order valence-corrected chi connectivity index (χ1v) is 7.10. The standard InChI is InChI=1S/C16H24N2O4/c1-11-10-13(6-7-14(11)17)18(8-9-21-12(2)19)15(20)22-16(3,4)5/h6-7,10H,8-9,17H2,1-5H3. The van der Waals surface area contributed by atoms with Crippen LogP contribution >= 0.6 is 0 Å². The van der Waals surface area contributed by atoms with Crippen molar-refractivity contribution < 1.29 is 19.1 Å².